The molecular weight excluding hydrogens is 178 g/mol. The van der Waals surface area contributed by atoms with E-state index in [1.807, 2.05) is 0 Å². The van der Waals surface area contributed by atoms with Crippen molar-refractivity contribution in [3.63, 3.8) is 0 Å². The number of hydrogen-bond acceptors (Lipinski definition) is 3. The molecule has 5 nitrogen and oxygen atoms in total. The van der Waals surface area contributed by atoms with Gasteiger partial charge in [-0.05, 0) is 24.3 Å². The van der Waals surface area contributed by atoms with Gasteiger partial charge in [0.1, 0.15) is 0 Å². The zero-order valence-corrected chi connectivity index (χ0v) is 6.97. The number of anilines is 2. The molecule has 0 heterocycles. The molecule has 0 amide bonds. The fraction of sp³-hybridized carbons (Fsp3) is 0. The molecule has 0 saturated carbocycles. The lowest BCUT2D eigenvalue weighted by atomic mass is 10.3. The van der Waals surface area contributed by atoms with Crippen molar-refractivity contribution in [2.75, 3.05) is 10.1 Å². The third-order valence-electron chi connectivity index (χ3n) is 1.26. The highest BCUT2D eigenvalue weighted by Gasteiger charge is 1.94. The summed E-state index contributed by atoms with van der Waals surface area (Å²) in [6.45, 7) is 0. The van der Waals surface area contributed by atoms with Gasteiger partial charge in [0, 0.05) is 11.4 Å². The van der Waals surface area contributed by atoms with Crippen molar-refractivity contribution >= 4 is 22.6 Å². The molecule has 12 heavy (non-hydrogen) atoms. The fourth-order valence-corrected chi connectivity index (χ4v) is 1.07. The Morgan fingerprint density at radius 3 is 2.17 bits per heavy atom. The summed E-state index contributed by atoms with van der Waals surface area (Å²) in [4.78, 5) is 0. The van der Waals surface area contributed by atoms with Gasteiger partial charge in [-0.3, -0.25) is 15.1 Å². The van der Waals surface area contributed by atoms with E-state index in [9.17, 15) is 4.21 Å². The Balaban J connectivity index is 2.71. The Kier molecular flexibility index (Phi) is 3.03. The van der Waals surface area contributed by atoms with Gasteiger partial charge in [-0.15, -0.1) is 0 Å². The van der Waals surface area contributed by atoms with Crippen LogP contribution in [0.15, 0.2) is 24.3 Å². The van der Waals surface area contributed by atoms with Crippen LogP contribution in [-0.4, -0.2) is 8.76 Å². The van der Waals surface area contributed by atoms with Crippen molar-refractivity contribution in [1.29, 1.82) is 0 Å². The van der Waals surface area contributed by atoms with Gasteiger partial charge in [0.05, 0.1) is 0 Å². The zero-order valence-electron chi connectivity index (χ0n) is 6.15. The molecule has 0 spiro atoms. The maximum Gasteiger partial charge on any atom is 0.259 e. The van der Waals surface area contributed by atoms with E-state index < -0.39 is 11.3 Å². The van der Waals surface area contributed by atoms with Crippen LogP contribution in [0.25, 0.3) is 0 Å². The quantitative estimate of drug-likeness (QED) is 0.315. The molecule has 0 aliphatic heterocycles. The smallest absolute Gasteiger partial charge is 0.259 e. The van der Waals surface area contributed by atoms with Crippen LogP contribution >= 0.6 is 0 Å². The molecule has 1 unspecified atom stereocenters. The van der Waals surface area contributed by atoms with E-state index in [1.54, 1.807) is 24.3 Å². The van der Waals surface area contributed by atoms with E-state index in [0.29, 0.717) is 5.69 Å². The molecule has 0 bridgehead atoms. The summed E-state index contributed by atoms with van der Waals surface area (Å²) in [5.41, 5.74) is 3.75. The zero-order chi connectivity index (χ0) is 8.97. The van der Waals surface area contributed by atoms with Gasteiger partial charge in [-0.1, -0.05) is 0 Å². The monoisotopic (exact) mass is 187 g/mol. The number of rotatable bonds is 3. The summed E-state index contributed by atoms with van der Waals surface area (Å²) in [7, 11) is 0. The van der Waals surface area contributed by atoms with Crippen LogP contribution in [0.5, 0.6) is 0 Å². The van der Waals surface area contributed by atoms with Crippen LogP contribution < -0.4 is 16.0 Å². The van der Waals surface area contributed by atoms with Crippen LogP contribution in [0, 0.1) is 0 Å². The first-order valence-corrected chi connectivity index (χ1v) is 4.27. The normalized spacial score (nSPS) is 12.2. The lowest BCUT2D eigenvalue weighted by Crippen LogP contribution is -2.06. The minimum atomic E-state index is -2.03. The molecule has 66 valence electrons. The Hall–Kier alpha value is -1.11. The summed E-state index contributed by atoms with van der Waals surface area (Å²) >= 11 is -2.03. The third kappa shape index (κ3) is 2.50. The first-order chi connectivity index (χ1) is 5.72. The van der Waals surface area contributed by atoms with E-state index >= 15 is 0 Å². The standard InChI is InChI=1S/C6H9N3O2S/c7-8-5-1-3-6(4-2-5)9-12(10)11/h1-4,8-9H,7H2,(H,10,11). The molecule has 0 radical (unpaired) electrons. The highest BCUT2D eigenvalue weighted by atomic mass is 32.2. The number of hydrazine groups is 1. The van der Waals surface area contributed by atoms with Gasteiger partial charge in [-0.2, -0.15) is 0 Å². The molecule has 0 aromatic heterocycles. The summed E-state index contributed by atoms with van der Waals surface area (Å²) in [5.74, 6) is 5.12. The predicted octanol–water partition coefficient (Wildman–Crippen LogP) is 0.521. The average molecular weight is 187 g/mol. The Morgan fingerprint density at radius 2 is 1.75 bits per heavy atom. The summed E-state index contributed by atoms with van der Waals surface area (Å²) in [5, 5.41) is 0. The Labute approximate surface area is 72.4 Å². The predicted molar refractivity (Wildman–Crippen MR) is 48.6 cm³/mol. The molecule has 1 atom stereocenters. The van der Waals surface area contributed by atoms with Crippen molar-refractivity contribution in [3.05, 3.63) is 24.3 Å². The molecule has 0 aliphatic carbocycles. The van der Waals surface area contributed by atoms with Crippen molar-refractivity contribution in [2.45, 2.75) is 0 Å². The molecule has 0 saturated heterocycles. The maximum atomic E-state index is 10.3. The molecule has 6 heteroatoms. The van der Waals surface area contributed by atoms with Crippen LogP contribution in [-0.2, 0) is 11.3 Å². The maximum absolute atomic E-state index is 10.3. The fourth-order valence-electron chi connectivity index (χ4n) is 0.735. The molecule has 0 fully saturated rings. The van der Waals surface area contributed by atoms with E-state index in [4.69, 9.17) is 10.4 Å². The third-order valence-corrected chi connectivity index (χ3v) is 1.67. The van der Waals surface area contributed by atoms with Gasteiger partial charge in [0.2, 0.25) is 0 Å². The van der Waals surface area contributed by atoms with E-state index in [1.165, 1.54) is 0 Å². The number of hydrogen-bond donors (Lipinski definition) is 4. The van der Waals surface area contributed by atoms with Crippen LogP contribution in [0.3, 0.4) is 0 Å². The lowest BCUT2D eigenvalue weighted by molar-refractivity contribution is 0.570. The largest absolute Gasteiger partial charge is 0.324 e. The Bertz CT molecular complexity index is 275. The Morgan fingerprint density at radius 1 is 1.25 bits per heavy atom. The van der Waals surface area contributed by atoms with Gasteiger partial charge >= 0.3 is 0 Å². The van der Waals surface area contributed by atoms with Gasteiger partial charge < -0.3 is 5.43 Å². The molecule has 1 rings (SSSR count). The SMILES string of the molecule is NNc1ccc(NS(=O)O)cc1. The van der Waals surface area contributed by atoms with Gasteiger partial charge in [-0.25, -0.2) is 4.21 Å². The van der Waals surface area contributed by atoms with E-state index in [-0.39, 0.29) is 0 Å². The lowest BCUT2D eigenvalue weighted by Gasteiger charge is -2.02. The first kappa shape index (κ1) is 8.98. The summed E-state index contributed by atoms with van der Waals surface area (Å²) in [6, 6.07) is 6.66. The molecular formula is C6H9N3O2S. The number of nitrogens with two attached hydrogens (primary N) is 1. The number of nitrogens with one attached hydrogen (secondary N) is 2. The average Bonchev–Trinajstić information content (AvgIpc) is 2.05. The van der Waals surface area contributed by atoms with Crippen LogP contribution in [0.2, 0.25) is 0 Å². The second-order valence-corrected chi connectivity index (χ2v) is 2.78. The number of benzene rings is 1. The molecule has 1 aromatic rings. The number of nitrogen functional groups attached to an aromatic ring is 1. The topological polar surface area (TPSA) is 87.4 Å². The second kappa shape index (κ2) is 4.05. The van der Waals surface area contributed by atoms with E-state index in [2.05, 4.69) is 10.1 Å². The summed E-state index contributed by atoms with van der Waals surface area (Å²) < 4.78 is 21.1. The minimum Gasteiger partial charge on any atom is -0.324 e. The highest BCUT2D eigenvalue weighted by molar-refractivity contribution is 7.80. The molecule has 5 N–H and O–H groups in total. The van der Waals surface area contributed by atoms with Crippen LogP contribution in [0.1, 0.15) is 0 Å². The second-order valence-electron chi connectivity index (χ2n) is 2.07. The van der Waals surface area contributed by atoms with Crippen LogP contribution in [0.4, 0.5) is 11.4 Å². The summed E-state index contributed by atoms with van der Waals surface area (Å²) in [6.07, 6.45) is 0. The highest BCUT2D eigenvalue weighted by Crippen LogP contribution is 2.12. The van der Waals surface area contributed by atoms with E-state index in [0.717, 1.165) is 5.69 Å². The van der Waals surface area contributed by atoms with Crippen molar-refractivity contribution in [3.8, 4) is 0 Å². The van der Waals surface area contributed by atoms with Crippen molar-refractivity contribution in [1.82, 2.24) is 0 Å². The van der Waals surface area contributed by atoms with Gasteiger partial charge in [0.25, 0.3) is 11.3 Å². The van der Waals surface area contributed by atoms with Crippen molar-refractivity contribution in [2.24, 2.45) is 5.84 Å². The minimum absolute atomic E-state index is 0.565. The first-order valence-electron chi connectivity index (χ1n) is 3.16. The molecule has 0 aliphatic rings. The molecule has 1 aromatic carbocycles. The van der Waals surface area contributed by atoms with Crippen molar-refractivity contribution < 1.29 is 8.76 Å². The van der Waals surface area contributed by atoms with Gasteiger partial charge in [0.15, 0.2) is 0 Å².